The second-order valence-corrected chi connectivity index (χ2v) is 6.14. The quantitative estimate of drug-likeness (QED) is 0.234. The molecule has 1 atom stereocenters. The molecule has 4 N–H and O–H groups in total. The summed E-state index contributed by atoms with van der Waals surface area (Å²) in [6.07, 6.45) is 1.89. The van der Waals surface area contributed by atoms with Crippen LogP contribution in [0.25, 0.3) is 0 Å². The summed E-state index contributed by atoms with van der Waals surface area (Å²) in [5, 5.41) is 17.4. The maximum Gasteiger partial charge on any atom is 0.144 e. The van der Waals surface area contributed by atoms with E-state index in [-0.39, 0.29) is 5.41 Å². The van der Waals surface area contributed by atoms with Crippen LogP contribution >= 0.6 is 11.3 Å². The molecule has 1 aromatic rings. The number of hydrogen-bond donors (Lipinski definition) is 3. The van der Waals surface area contributed by atoms with Crippen molar-refractivity contribution in [3.05, 3.63) is 22.4 Å². The fourth-order valence-corrected chi connectivity index (χ4v) is 2.51. The Kier molecular flexibility index (Phi) is 5.62. The van der Waals surface area contributed by atoms with Gasteiger partial charge in [0.25, 0.3) is 0 Å². The van der Waals surface area contributed by atoms with Crippen LogP contribution in [-0.2, 0) is 0 Å². The molecule has 1 heterocycles. The third kappa shape index (κ3) is 4.31. The maximum atomic E-state index is 8.69. The molecule has 0 fully saturated rings. The maximum absolute atomic E-state index is 8.69. The van der Waals surface area contributed by atoms with Gasteiger partial charge in [-0.15, -0.1) is 11.3 Å². The van der Waals surface area contributed by atoms with E-state index in [1.54, 1.807) is 11.3 Å². The first-order chi connectivity index (χ1) is 8.47. The second kappa shape index (κ2) is 6.75. The van der Waals surface area contributed by atoms with E-state index in [9.17, 15) is 0 Å². The topological polar surface area (TPSA) is 70.6 Å². The number of thiophene rings is 1. The third-order valence-electron chi connectivity index (χ3n) is 3.20. The molecule has 0 aliphatic carbocycles. The summed E-state index contributed by atoms with van der Waals surface area (Å²) in [7, 11) is 0. The second-order valence-electron chi connectivity index (χ2n) is 5.16. The highest BCUT2D eigenvalue weighted by atomic mass is 32.1. The fourth-order valence-electron chi connectivity index (χ4n) is 1.75. The highest BCUT2D eigenvalue weighted by Gasteiger charge is 2.22. The first-order valence-corrected chi connectivity index (χ1v) is 7.10. The molecule has 0 amide bonds. The van der Waals surface area contributed by atoms with Crippen molar-refractivity contribution in [3.8, 4) is 0 Å². The predicted molar refractivity (Wildman–Crippen MR) is 77.2 cm³/mol. The van der Waals surface area contributed by atoms with Crippen molar-refractivity contribution in [2.45, 2.75) is 39.7 Å². The van der Waals surface area contributed by atoms with E-state index in [2.05, 4.69) is 34.9 Å². The summed E-state index contributed by atoms with van der Waals surface area (Å²) in [6, 6.07) is 4.60. The average Bonchev–Trinajstić information content (AvgIpc) is 2.87. The molecule has 0 saturated carbocycles. The molecule has 0 spiro atoms. The lowest BCUT2D eigenvalue weighted by molar-refractivity contribution is 0.304. The van der Waals surface area contributed by atoms with Crippen LogP contribution in [0.4, 0.5) is 0 Å². The van der Waals surface area contributed by atoms with Crippen molar-refractivity contribution in [1.29, 1.82) is 0 Å². The Labute approximate surface area is 113 Å². The van der Waals surface area contributed by atoms with E-state index >= 15 is 0 Å². The van der Waals surface area contributed by atoms with Crippen LogP contribution in [0.1, 0.15) is 44.5 Å². The molecule has 1 unspecified atom stereocenters. The Hall–Kier alpha value is -1.07. The standard InChI is InChI=1S/C13H23N3OS/c1-10(11-6-4-9-18-11)15-8-5-7-13(2,3)12(14)16-17/h4,6,9-10,15,17H,5,7-8H2,1-3H3,(H2,14,16). The van der Waals surface area contributed by atoms with Crippen molar-refractivity contribution < 1.29 is 5.21 Å². The van der Waals surface area contributed by atoms with Gasteiger partial charge in [-0.1, -0.05) is 25.1 Å². The lowest BCUT2D eigenvalue weighted by atomic mass is 9.86. The van der Waals surface area contributed by atoms with Gasteiger partial charge in [0.15, 0.2) is 0 Å². The Morgan fingerprint density at radius 3 is 2.89 bits per heavy atom. The van der Waals surface area contributed by atoms with Crippen LogP contribution in [0, 0.1) is 5.41 Å². The number of nitrogens with two attached hydrogens (primary N) is 1. The van der Waals surface area contributed by atoms with Crippen molar-refractivity contribution in [1.82, 2.24) is 5.32 Å². The fraction of sp³-hybridized carbons (Fsp3) is 0.615. The van der Waals surface area contributed by atoms with E-state index in [0.29, 0.717) is 11.9 Å². The zero-order chi connectivity index (χ0) is 13.6. The van der Waals surface area contributed by atoms with Gasteiger partial charge in [0.2, 0.25) is 0 Å². The lowest BCUT2D eigenvalue weighted by Gasteiger charge is -2.23. The summed E-state index contributed by atoms with van der Waals surface area (Å²) < 4.78 is 0. The van der Waals surface area contributed by atoms with Crippen molar-refractivity contribution in [2.75, 3.05) is 6.54 Å². The normalized spacial score (nSPS) is 14.7. The number of oxime groups is 1. The molecule has 18 heavy (non-hydrogen) atoms. The molecule has 0 aliphatic rings. The van der Waals surface area contributed by atoms with Crippen LogP contribution in [-0.4, -0.2) is 17.6 Å². The van der Waals surface area contributed by atoms with Crippen molar-refractivity contribution in [3.63, 3.8) is 0 Å². The summed E-state index contributed by atoms with van der Waals surface area (Å²) >= 11 is 1.77. The van der Waals surface area contributed by atoms with E-state index in [1.807, 2.05) is 13.8 Å². The Morgan fingerprint density at radius 1 is 1.61 bits per heavy atom. The lowest BCUT2D eigenvalue weighted by Crippen LogP contribution is -2.32. The predicted octanol–water partition coefficient (Wildman–Crippen LogP) is 2.95. The molecule has 0 radical (unpaired) electrons. The van der Waals surface area contributed by atoms with Crippen LogP contribution in [0.15, 0.2) is 22.7 Å². The summed E-state index contributed by atoms with van der Waals surface area (Å²) in [6.45, 7) is 7.08. The van der Waals surface area contributed by atoms with Gasteiger partial charge >= 0.3 is 0 Å². The summed E-state index contributed by atoms with van der Waals surface area (Å²) in [5.74, 6) is 0.300. The van der Waals surface area contributed by atoms with Crippen molar-refractivity contribution in [2.24, 2.45) is 16.3 Å². The molecule has 0 aliphatic heterocycles. The molecule has 1 aromatic heterocycles. The molecule has 0 saturated heterocycles. The number of nitrogens with one attached hydrogen (secondary N) is 1. The van der Waals surface area contributed by atoms with Crippen LogP contribution in [0.3, 0.4) is 0 Å². The molecule has 1 rings (SSSR count). The first-order valence-electron chi connectivity index (χ1n) is 6.22. The van der Waals surface area contributed by atoms with E-state index in [1.165, 1.54) is 4.88 Å². The molecule has 0 aromatic carbocycles. The van der Waals surface area contributed by atoms with Crippen molar-refractivity contribution >= 4 is 17.2 Å². The largest absolute Gasteiger partial charge is 0.409 e. The molecule has 0 bridgehead atoms. The number of nitrogens with zero attached hydrogens (tertiary/aromatic N) is 1. The Bertz CT molecular complexity index is 374. The Morgan fingerprint density at radius 2 is 2.33 bits per heavy atom. The minimum atomic E-state index is -0.247. The van der Waals surface area contributed by atoms with Gasteiger partial charge in [-0.25, -0.2) is 0 Å². The zero-order valence-corrected chi connectivity index (χ0v) is 12.1. The summed E-state index contributed by atoms with van der Waals surface area (Å²) in [5.41, 5.74) is 5.40. The summed E-state index contributed by atoms with van der Waals surface area (Å²) in [4.78, 5) is 1.35. The zero-order valence-electron chi connectivity index (χ0n) is 11.3. The van der Waals surface area contributed by atoms with Gasteiger partial charge in [0.05, 0.1) is 0 Å². The third-order valence-corrected chi connectivity index (χ3v) is 4.26. The first kappa shape index (κ1) is 15.0. The SMILES string of the molecule is CC(NCCCC(C)(C)C(N)=NO)c1cccs1. The van der Waals surface area contributed by atoms with Crippen LogP contribution in [0.5, 0.6) is 0 Å². The van der Waals surface area contributed by atoms with Gasteiger partial charge in [-0.05, 0) is 37.8 Å². The average molecular weight is 269 g/mol. The van der Waals surface area contributed by atoms with Gasteiger partial charge in [-0.2, -0.15) is 0 Å². The van der Waals surface area contributed by atoms with E-state index < -0.39 is 0 Å². The number of rotatable bonds is 7. The van der Waals surface area contributed by atoms with Gasteiger partial charge in [0, 0.05) is 16.3 Å². The van der Waals surface area contributed by atoms with Crippen LogP contribution < -0.4 is 11.1 Å². The number of hydrogen-bond acceptors (Lipinski definition) is 4. The monoisotopic (exact) mass is 269 g/mol. The minimum Gasteiger partial charge on any atom is -0.409 e. The van der Waals surface area contributed by atoms with Crippen LogP contribution in [0.2, 0.25) is 0 Å². The molecule has 4 nitrogen and oxygen atoms in total. The molecular formula is C13H23N3OS. The molecule has 102 valence electrons. The smallest absolute Gasteiger partial charge is 0.144 e. The van der Waals surface area contributed by atoms with Gasteiger partial charge in [-0.3, -0.25) is 0 Å². The Balaban J connectivity index is 2.27. The van der Waals surface area contributed by atoms with Gasteiger partial charge in [0.1, 0.15) is 5.84 Å². The van der Waals surface area contributed by atoms with Gasteiger partial charge < -0.3 is 16.3 Å². The van der Waals surface area contributed by atoms with E-state index in [4.69, 9.17) is 10.9 Å². The van der Waals surface area contributed by atoms with E-state index in [0.717, 1.165) is 19.4 Å². The highest BCUT2D eigenvalue weighted by Crippen LogP contribution is 2.23. The highest BCUT2D eigenvalue weighted by molar-refractivity contribution is 7.10. The molecular weight excluding hydrogens is 246 g/mol. The molecule has 5 heteroatoms. The minimum absolute atomic E-state index is 0.247. The number of amidine groups is 1.